The maximum absolute atomic E-state index is 12.2. The van der Waals surface area contributed by atoms with Gasteiger partial charge in [0.2, 0.25) is 17.7 Å². The fourth-order valence-corrected chi connectivity index (χ4v) is 4.77. The summed E-state index contributed by atoms with van der Waals surface area (Å²) in [6.45, 7) is 7.15. The van der Waals surface area contributed by atoms with Gasteiger partial charge in [0, 0.05) is 31.8 Å². The number of rotatable bonds is 4. The smallest absolute Gasteiger partial charge is 0.229 e. The van der Waals surface area contributed by atoms with Gasteiger partial charge in [-0.05, 0) is 36.0 Å². The molecule has 3 fully saturated rings. The van der Waals surface area contributed by atoms with Gasteiger partial charge >= 0.3 is 0 Å². The summed E-state index contributed by atoms with van der Waals surface area (Å²) >= 11 is 0. The Morgan fingerprint density at radius 1 is 1.23 bits per heavy atom. The highest BCUT2D eigenvalue weighted by atomic mass is 16.2. The first-order valence-electron chi connectivity index (χ1n) is 8.38. The number of carbonyl (C=O) groups is 3. The molecule has 5 nitrogen and oxygen atoms in total. The van der Waals surface area contributed by atoms with Crippen LogP contribution in [0.4, 0.5) is 0 Å². The van der Waals surface area contributed by atoms with Gasteiger partial charge in [-0.15, -0.1) is 0 Å². The van der Waals surface area contributed by atoms with E-state index >= 15 is 0 Å². The van der Waals surface area contributed by atoms with Gasteiger partial charge in [-0.2, -0.15) is 0 Å². The summed E-state index contributed by atoms with van der Waals surface area (Å²) in [5.74, 6) is 0.350. The minimum Gasteiger partial charge on any atom is -0.353 e. The SMILES string of the molecule is CC1(C)C2CCC1(C)C(NC(=O)CCN1C(=O)CCC1=O)C2. The lowest BCUT2D eigenvalue weighted by Crippen LogP contribution is -2.47. The summed E-state index contributed by atoms with van der Waals surface area (Å²) in [6, 6.07) is 0.221. The average Bonchev–Trinajstić information content (AvgIpc) is 2.94. The van der Waals surface area contributed by atoms with Crippen molar-refractivity contribution in [2.24, 2.45) is 16.7 Å². The van der Waals surface area contributed by atoms with E-state index in [0.717, 1.165) is 6.42 Å². The lowest BCUT2D eigenvalue weighted by atomic mass is 9.69. The molecule has 0 radical (unpaired) electrons. The first-order valence-corrected chi connectivity index (χ1v) is 8.38. The molecule has 1 heterocycles. The molecule has 0 aromatic heterocycles. The van der Waals surface area contributed by atoms with Crippen LogP contribution in [0.15, 0.2) is 0 Å². The monoisotopic (exact) mass is 306 g/mol. The van der Waals surface area contributed by atoms with Gasteiger partial charge in [0.25, 0.3) is 0 Å². The molecule has 1 N–H and O–H groups in total. The van der Waals surface area contributed by atoms with Crippen LogP contribution in [0.5, 0.6) is 0 Å². The first-order chi connectivity index (χ1) is 10.3. The van der Waals surface area contributed by atoms with Crippen molar-refractivity contribution in [1.82, 2.24) is 10.2 Å². The molecule has 5 heteroatoms. The van der Waals surface area contributed by atoms with Crippen LogP contribution in [0.25, 0.3) is 0 Å². The molecular weight excluding hydrogens is 280 g/mol. The van der Waals surface area contributed by atoms with E-state index < -0.39 is 0 Å². The third-order valence-electron chi connectivity index (χ3n) is 6.85. The Morgan fingerprint density at radius 2 is 1.86 bits per heavy atom. The number of likely N-dealkylation sites (tertiary alicyclic amines) is 1. The molecule has 122 valence electrons. The summed E-state index contributed by atoms with van der Waals surface area (Å²) in [5, 5.41) is 3.17. The van der Waals surface area contributed by atoms with E-state index in [-0.39, 0.29) is 60.4 Å². The van der Waals surface area contributed by atoms with Crippen molar-refractivity contribution in [3.05, 3.63) is 0 Å². The highest BCUT2D eigenvalue weighted by molar-refractivity contribution is 6.02. The minimum atomic E-state index is -0.147. The van der Waals surface area contributed by atoms with Crippen molar-refractivity contribution >= 4 is 17.7 Å². The number of amides is 3. The van der Waals surface area contributed by atoms with Crippen LogP contribution in [0.1, 0.15) is 59.3 Å². The molecule has 1 aliphatic heterocycles. The van der Waals surface area contributed by atoms with E-state index in [4.69, 9.17) is 0 Å². The zero-order chi connectivity index (χ0) is 16.1. The van der Waals surface area contributed by atoms with Crippen LogP contribution in [0, 0.1) is 16.7 Å². The Bertz CT molecular complexity index is 512. The third-order valence-corrected chi connectivity index (χ3v) is 6.85. The lowest BCUT2D eigenvalue weighted by molar-refractivity contribution is -0.138. The highest BCUT2D eigenvalue weighted by Gasteiger charge is 2.61. The van der Waals surface area contributed by atoms with Gasteiger partial charge < -0.3 is 5.32 Å². The van der Waals surface area contributed by atoms with E-state index in [1.807, 2.05) is 0 Å². The molecule has 2 aliphatic carbocycles. The first kappa shape index (κ1) is 15.5. The largest absolute Gasteiger partial charge is 0.353 e. The van der Waals surface area contributed by atoms with Crippen LogP contribution in [-0.4, -0.2) is 35.2 Å². The molecular formula is C17H26N2O3. The van der Waals surface area contributed by atoms with Gasteiger partial charge in [0.15, 0.2) is 0 Å². The molecule has 0 aromatic rings. The van der Waals surface area contributed by atoms with Gasteiger partial charge in [-0.3, -0.25) is 19.3 Å². The normalized spacial score (nSPS) is 36.2. The topological polar surface area (TPSA) is 66.5 Å². The van der Waals surface area contributed by atoms with Crippen LogP contribution in [0.2, 0.25) is 0 Å². The maximum atomic E-state index is 12.2. The molecule has 22 heavy (non-hydrogen) atoms. The van der Waals surface area contributed by atoms with Crippen molar-refractivity contribution in [3.8, 4) is 0 Å². The Morgan fingerprint density at radius 3 is 2.36 bits per heavy atom. The second-order valence-electron chi connectivity index (χ2n) is 7.92. The second kappa shape index (κ2) is 5.07. The van der Waals surface area contributed by atoms with E-state index in [9.17, 15) is 14.4 Å². The zero-order valence-corrected chi connectivity index (χ0v) is 13.8. The van der Waals surface area contributed by atoms with Crippen molar-refractivity contribution < 1.29 is 14.4 Å². The molecule has 3 aliphatic rings. The molecule has 3 atom stereocenters. The predicted molar refractivity (Wildman–Crippen MR) is 81.7 cm³/mol. The Balaban J connectivity index is 1.55. The Labute approximate surface area is 131 Å². The predicted octanol–water partition coefficient (Wildman–Crippen LogP) is 1.86. The summed E-state index contributed by atoms with van der Waals surface area (Å²) in [6.07, 6.45) is 4.27. The lowest BCUT2D eigenvalue weighted by Gasteiger charge is -2.39. The van der Waals surface area contributed by atoms with Gasteiger partial charge in [-0.1, -0.05) is 20.8 Å². The number of hydrogen-bond acceptors (Lipinski definition) is 3. The molecule has 3 unspecified atom stereocenters. The number of fused-ring (bicyclic) bond motifs is 2. The maximum Gasteiger partial charge on any atom is 0.229 e. The zero-order valence-electron chi connectivity index (χ0n) is 13.8. The van der Waals surface area contributed by atoms with Crippen LogP contribution in [-0.2, 0) is 14.4 Å². The fraction of sp³-hybridized carbons (Fsp3) is 0.824. The van der Waals surface area contributed by atoms with E-state index in [1.165, 1.54) is 17.7 Å². The molecule has 3 rings (SSSR count). The molecule has 0 spiro atoms. The number of nitrogens with zero attached hydrogens (tertiary/aromatic N) is 1. The van der Waals surface area contributed by atoms with E-state index in [2.05, 4.69) is 26.1 Å². The number of hydrogen-bond donors (Lipinski definition) is 1. The minimum absolute atomic E-state index is 0.0397. The molecule has 1 saturated heterocycles. The number of nitrogens with one attached hydrogen (secondary N) is 1. The Kier molecular flexibility index (Phi) is 3.57. The van der Waals surface area contributed by atoms with E-state index in [0.29, 0.717) is 5.92 Å². The van der Waals surface area contributed by atoms with Gasteiger partial charge in [-0.25, -0.2) is 0 Å². The molecule has 2 saturated carbocycles. The van der Waals surface area contributed by atoms with Crippen LogP contribution in [0.3, 0.4) is 0 Å². The standard InChI is InChI=1S/C17H26N2O3/c1-16(2)11-6-8-17(16,3)12(10-11)18-13(20)7-9-19-14(21)4-5-15(19)22/h11-12H,4-10H2,1-3H3,(H,18,20). The summed E-state index contributed by atoms with van der Waals surface area (Å²) < 4.78 is 0. The van der Waals surface area contributed by atoms with Gasteiger partial charge in [0.1, 0.15) is 0 Å². The third kappa shape index (κ3) is 2.17. The molecule has 2 bridgehead atoms. The van der Waals surface area contributed by atoms with Crippen LogP contribution < -0.4 is 5.32 Å². The van der Waals surface area contributed by atoms with Crippen LogP contribution >= 0.6 is 0 Å². The fourth-order valence-electron chi connectivity index (χ4n) is 4.77. The Hall–Kier alpha value is -1.39. The molecule has 3 amide bonds. The van der Waals surface area contributed by atoms with Gasteiger partial charge in [0.05, 0.1) is 0 Å². The summed E-state index contributed by atoms with van der Waals surface area (Å²) in [4.78, 5) is 36.6. The van der Waals surface area contributed by atoms with Crippen molar-refractivity contribution in [3.63, 3.8) is 0 Å². The quantitative estimate of drug-likeness (QED) is 0.806. The summed E-state index contributed by atoms with van der Waals surface area (Å²) in [7, 11) is 0. The average molecular weight is 306 g/mol. The van der Waals surface area contributed by atoms with E-state index in [1.54, 1.807) is 0 Å². The molecule has 0 aromatic carbocycles. The number of imide groups is 1. The highest BCUT2D eigenvalue weighted by Crippen LogP contribution is 2.65. The second-order valence-corrected chi connectivity index (χ2v) is 7.92. The summed E-state index contributed by atoms with van der Waals surface area (Å²) in [5.41, 5.74) is 0.429. The van der Waals surface area contributed by atoms with Crippen molar-refractivity contribution in [2.75, 3.05) is 6.54 Å². The van der Waals surface area contributed by atoms with Crippen molar-refractivity contribution in [2.45, 2.75) is 65.3 Å². The van der Waals surface area contributed by atoms with Crippen molar-refractivity contribution in [1.29, 1.82) is 0 Å². The number of carbonyl (C=O) groups excluding carboxylic acids is 3.